The van der Waals surface area contributed by atoms with Gasteiger partial charge in [0.2, 0.25) is 0 Å². The molecule has 0 aliphatic carbocycles. The van der Waals surface area contributed by atoms with E-state index in [2.05, 4.69) is 16.9 Å². The third-order valence-electron chi connectivity index (χ3n) is 3.23. The molecule has 0 atom stereocenters. The van der Waals surface area contributed by atoms with E-state index >= 15 is 0 Å². The Balaban J connectivity index is 2.39. The molecule has 23 heavy (non-hydrogen) atoms. The van der Waals surface area contributed by atoms with Gasteiger partial charge in [-0.05, 0) is 12.8 Å². The van der Waals surface area contributed by atoms with Crippen molar-refractivity contribution in [1.82, 2.24) is 9.78 Å². The number of rotatable bonds is 6. The van der Waals surface area contributed by atoms with Crippen LogP contribution in [0.25, 0.3) is 11.3 Å². The summed E-state index contributed by atoms with van der Waals surface area (Å²) in [7, 11) is 1.52. The van der Waals surface area contributed by atoms with Crippen LogP contribution < -0.4 is 5.56 Å². The maximum Gasteiger partial charge on any atom is 0.270 e. The van der Waals surface area contributed by atoms with Gasteiger partial charge >= 0.3 is 0 Å². The van der Waals surface area contributed by atoms with Gasteiger partial charge in [0, 0.05) is 31.8 Å². The number of ether oxygens (including phenoxy) is 1. The minimum atomic E-state index is -0.244. The Morgan fingerprint density at radius 1 is 1.26 bits per heavy atom. The molecule has 0 aliphatic heterocycles. The van der Waals surface area contributed by atoms with Gasteiger partial charge in [-0.2, -0.15) is 5.10 Å². The summed E-state index contributed by atoms with van der Waals surface area (Å²) in [6.07, 6.45) is 2.24. The lowest BCUT2D eigenvalue weighted by molar-refractivity contribution is 0.116. The van der Waals surface area contributed by atoms with Crippen LogP contribution in [0.4, 0.5) is 0 Å². The first-order chi connectivity index (χ1) is 11.3. The van der Waals surface area contributed by atoms with Crippen LogP contribution in [0, 0.1) is 11.8 Å². The lowest BCUT2D eigenvalue weighted by atomic mass is 10.1. The van der Waals surface area contributed by atoms with Crippen LogP contribution in [-0.2, 0) is 11.5 Å². The second kappa shape index (κ2) is 8.89. The second-order valence-corrected chi connectivity index (χ2v) is 5.01. The zero-order chi connectivity index (χ0) is 16.5. The lowest BCUT2D eigenvalue weighted by Crippen LogP contribution is -2.24. The molecule has 0 unspecified atom stereocenters. The fraction of sp³-hybridized carbons (Fsp3) is 0.333. The summed E-state index contributed by atoms with van der Waals surface area (Å²) in [5, 5.41) is 13.2. The molecule has 2 aromatic rings. The summed E-state index contributed by atoms with van der Waals surface area (Å²) in [5.41, 5.74) is 1.93. The van der Waals surface area contributed by atoms with E-state index in [1.54, 1.807) is 0 Å². The Morgan fingerprint density at radius 2 is 2.04 bits per heavy atom. The SMILES string of the molecule is COCn1nc(-c2ccccc2)c(C#CCCCCO)cc1=O. The van der Waals surface area contributed by atoms with Gasteiger partial charge in [0.05, 0.1) is 5.56 Å². The van der Waals surface area contributed by atoms with Crippen molar-refractivity contribution in [1.29, 1.82) is 0 Å². The molecule has 2 rings (SSSR count). The molecule has 1 N–H and O–H groups in total. The monoisotopic (exact) mass is 312 g/mol. The molecule has 1 aromatic carbocycles. The number of unbranched alkanes of at least 4 members (excludes halogenated alkanes) is 2. The summed E-state index contributed by atoms with van der Waals surface area (Å²) in [6, 6.07) is 11.1. The molecule has 120 valence electrons. The number of hydrogen-bond donors (Lipinski definition) is 1. The topological polar surface area (TPSA) is 64.3 Å². The maximum atomic E-state index is 12.1. The maximum absolute atomic E-state index is 12.1. The lowest BCUT2D eigenvalue weighted by Gasteiger charge is -2.08. The molecule has 0 saturated heterocycles. The second-order valence-electron chi connectivity index (χ2n) is 5.01. The van der Waals surface area contributed by atoms with Crippen molar-refractivity contribution < 1.29 is 9.84 Å². The summed E-state index contributed by atoms with van der Waals surface area (Å²) < 4.78 is 6.28. The van der Waals surface area contributed by atoms with E-state index in [1.807, 2.05) is 30.3 Å². The summed E-state index contributed by atoms with van der Waals surface area (Å²) >= 11 is 0. The fourth-order valence-electron chi connectivity index (χ4n) is 2.09. The van der Waals surface area contributed by atoms with Crippen molar-refractivity contribution in [3.63, 3.8) is 0 Å². The number of nitrogens with zero attached hydrogens (tertiary/aromatic N) is 2. The van der Waals surface area contributed by atoms with Gasteiger partial charge in [0.1, 0.15) is 12.4 Å². The summed E-state index contributed by atoms with van der Waals surface area (Å²) in [5.74, 6) is 6.08. The summed E-state index contributed by atoms with van der Waals surface area (Å²) in [6.45, 7) is 0.272. The minimum absolute atomic E-state index is 0.100. The highest BCUT2D eigenvalue weighted by Gasteiger charge is 2.09. The number of benzene rings is 1. The largest absolute Gasteiger partial charge is 0.396 e. The van der Waals surface area contributed by atoms with Crippen molar-refractivity contribution >= 4 is 0 Å². The number of aliphatic hydroxyl groups is 1. The normalized spacial score (nSPS) is 10.2. The molecular weight excluding hydrogens is 292 g/mol. The molecule has 5 nitrogen and oxygen atoms in total. The van der Waals surface area contributed by atoms with E-state index < -0.39 is 0 Å². The van der Waals surface area contributed by atoms with Crippen LogP contribution in [0.1, 0.15) is 24.8 Å². The van der Waals surface area contributed by atoms with Gasteiger partial charge in [-0.25, -0.2) is 4.68 Å². The first-order valence-corrected chi connectivity index (χ1v) is 7.52. The van der Waals surface area contributed by atoms with Crippen LogP contribution in [0.5, 0.6) is 0 Å². The highest BCUT2D eigenvalue weighted by molar-refractivity contribution is 5.66. The zero-order valence-electron chi connectivity index (χ0n) is 13.2. The van der Waals surface area contributed by atoms with E-state index in [4.69, 9.17) is 9.84 Å². The number of aliphatic hydroxyl groups excluding tert-OH is 1. The molecule has 0 bridgehead atoms. The molecule has 1 aromatic heterocycles. The van der Waals surface area contributed by atoms with Crippen molar-refractivity contribution in [2.24, 2.45) is 0 Å². The number of hydrogen-bond acceptors (Lipinski definition) is 4. The molecule has 0 radical (unpaired) electrons. The highest BCUT2D eigenvalue weighted by Crippen LogP contribution is 2.19. The van der Waals surface area contributed by atoms with E-state index in [0.717, 1.165) is 18.4 Å². The number of methoxy groups -OCH3 is 1. The molecule has 0 spiro atoms. The van der Waals surface area contributed by atoms with Crippen LogP contribution in [0.15, 0.2) is 41.2 Å². The van der Waals surface area contributed by atoms with Gasteiger partial charge in [0.15, 0.2) is 0 Å². The third kappa shape index (κ3) is 4.78. The summed E-state index contributed by atoms with van der Waals surface area (Å²) in [4.78, 5) is 12.1. The highest BCUT2D eigenvalue weighted by atomic mass is 16.5. The first-order valence-electron chi connectivity index (χ1n) is 7.52. The fourth-order valence-corrected chi connectivity index (χ4v) is 2.09. The Kier molecular flexibility index (Phi) is 6.55. The first kappa shape index (κ1) is 16.9. The van der Waals surface area contributed by atoms with Gasteiger partial charge in [-0.15, -0.1) is 0 Å². The van der Waals surface area contributed by atoms with Gasteiger partial charge in [0.25, 0.3) is 5.56 Å². The van der Waals surface area contributed by atoms with Gasteiger partial charge in [-0.3, -0.25) is 4.79 Å². The predicted octanol–water partition coefficient (Wildman–Crippen LogP) is 2.03. The molecule has 5 heteroatoms. The Labute approximate surface area is 135 Å². The van der Waals surface area contributed by atoms with Crippen molar-refractivity contribution in [3.8, 4) is 23.1 Å². The Bertz CT molecular complexity index is 742. The molecule has 0 amide bonds. The minimum Gasteiger partial charge on any atom is -0.396 e. The van der Waals surface area contributed by atoms with Crippen LogP contribution in [-0.4, -0.2) is 28.6 Å². The Morgan fingerprint density at radius 3 is 2.74 bits per heavy atom. The van der Waals surface area contributed by atoms with E-state index in [-0.39, 0.29) is 18.9 Å². The quantitative estimate of drug-likeness (QED) is 0.655. The van der Waals surface area contributed by atoms with Crippen molar-refractivity contribution in [2.75, 3.05) is 13.7 Å². The van der Waals surface area contributed by atoms with Crippen molar-refractivity contribution in [3.05, 3.63) is 52.3 Å². The molecule has 1 heterocycles. The van der Waals surface area contributed by atoms with Crippen molar-refractivity contribution in [2.45, 2.75) is 26.0 Å². The van der Waals surface area contributed by atoms with Gasteiger partial charge in [-0.1, -0.05) is 42.2 Å². The molecule has 0 saturated carbocycles. The van der Waals surface area contributed by atoms with Crippen LogP contribution >= 0.6 is 0 Å². The smallest absolute Gasteiger partial charge is 0.270 e. The molecule has 0 fully saturated rings. The molecule has 0 aliphatic rings. The molecular formula is C18H20N2O3. The predicted molar refractivity (Wildman–Crippen MR) is 88.8 cm³/mol. The van der Waals surface area contributed by atoms with Gasteiger partial charge < -0.3 is 9.84 Å². The van der Waals surface area contributed by atoms with Crippen LogP contribution in [0.3, 0.4) is 0 Å². The van der Waals surface area contributed by atoms with E-state index in [1.165, 1.54) is 17.9 Å². The number of aromatic nitrogens is 2. The average Bonchev–Trinajstić information content (AvgIpc) is 2.58. The zero-order valence-corrected chi connectivity index (χ0v) is 13.2. The van der Waals surface area contributed by atoms with E-state index in [0.29, 0.717) is 17.7 Å². The van der Waals surface area contributed by atoms with E-state index in [9.17, 15) is 4.79 Å². The third-order valence-corrected chi connectivity index (χ3v) is 3.23. The average molecular weight is 312 g/mol. The standard InChI is InChI=1S/C18H20N2O3/c1-23-14-20-17(22)13-16(11-5-2-3-8-12-21)18(19-20)15-9-6-4-7-10-15/h4,6-7,9-10,13,21H,2-3,8,12,14H2,1H3. The Hall–Kier alpha value is -2.42. The van der Waals surface area contributed by atoms with Crippen LogP contribution in [0.2, 0.25) is 0 Å².